The molecule has 0 aliphatic carbocycles. The van der Waals surface area contributed by atoms with Crippen molar-refractivity contribution in [2.75, 3.05) is 17.4 Å². The third-order valence-corrected chi connectivity index (χ3v) is 5.77. The summed E-state index contributed by atoms with van der Waals surface area (Å²) in [7, 11) is -0.478. The standard InChI is InChI=1S/C20H17F4N3O2S/c1-30(2)27(14-5-6-17-18(8-14)29-11-28-17)10-13-4-3-12(7-15(13)21)16-9-19(26-25-16)20(22,23)24/h3-8H,1,9-11H2,2H3. The molecule has 0 aromatic heterocycles. The van der Waals surface area contributed by atoms with E-state index >= 15 is 0 Å². The van der Waals surface area contributed by atoms with Gasteiger partial charge in [-0.15, -0.1) is 15.8 Å². The fraction of sp³-hybridized carbons (Fsp3) is 0.250. The van der Waals surface area contributed by atoms with E-state index in [4.69, 9.17) is 9.47 Å². The number of rotatable bonds is 5. The van der Waals surface area contributed by atoms with Gasteiger partial charge in [-0.1, -0.05) is 18.0 Å². The molecule has 2 aromatic rings. The maximum absolute atomic E-state index is 14.8. The summed E-state index contributed by atoms with van der Waals surface area (Å²) in [6.45, 7) is 0.381. The predicted octanol–water partition coefficient (Wildman–Crippen LogP) is 4.92. The Morgan fingerprint density at radius 2 is 1.87 bits per heavy atom. The van der Waals surface area contributed by atoms with Gasteiger partial charge in [0.25, 0.3) is 0 Å². The molecular weight excluding hydrogens is 422 g/mol. The molecule has 5 nitrogen and oxygen atoms in total. The van der Waals surface area contributed by atoms with E-state index in [9.17, 15) is 17.6 Å². The van der Waals surface area contributed by atoms with Crippen LogP contribution in [0.25, 0.3) is 0 Å². The Morgan fingerprint density at radius 1 is 1.10 bits per heavy atom. The van der Waals surface area contributed by atoms with Crippen LogP contribution in [0.2, 0.25) is 0 Å². The fourth-order valence-corrected chi connectivity index (χ4v) is 3.93. The molecule has 0 spiro atoms. The minimum Gasteiger partial charge on any atom is -0.454 e. The number of halogens is 4. The van der Waals surface area contributed by atoms with Gasteiger partial charge in [-0.3, -0.25) is 0 Å². The SMILES string of the molecule is C=S(C)N(Cc1ccc(C2=NN=C(C(F)(F)F)C2)cc1F)c1ccc2c(c1)OCO2. The molecule has 0 saturated heterocycles. The summed E-state index contributed by atoms with van der Waals surface area (Å²) >= 11 is 0. The first-order valence-electron chi connectivity index (χ1n) is 8.84. The molecule has 1 atom stereocenters. The molecule has 2 heterocycles. The lowest BCUT2D eigenvalue weighted by Crippen LogP contribution is -2.23. The highest BCUT2D eigenvalue weighted by molar-refractivity contribution is 8.14. The Morgan fingerprint density at radius 3 is 2.53 bits per heavy atom. The number of benzene rings is 2. The molecule has 0 radical (unpaired) electrons. The molecule has 2 aliphatic rings. The van der Waals surface area contributed by atoms with Gasteiger partial charge in [0.05, 0.1) is 17.9 Å². The van der Waals surface area contributed by atoms with Crippen LogP contribution in [0.5, 0.6) is 11.5 Å². The summed E-state index contributed by atoms with van der Waals surface area (Å²) in [5.74, 6) is 4.78. The number of hydrogen-bond acceptors (Lipinski definition) is 5. The van der Waals surface area contributed by atoms with Crippen LogP contribution in [0.15, 0.2) is 46.6 Å². The van der Waals surface area contributed by atoms with Crippen LogP contribution in [0.3, 0.4) is 0 Å². The zero-order valence-corrected chi connectivity index (χ0v) is 16.7. The fourth-order valence-electron chi connectivity index (χ4n) is 3.10. The molecule has 10 heteroatoms. The van der Waals surface area contributed by atoms with Crippen molar-refractivity contribution in [3.63, 3.8) is 0 Å². The second-order valence-corrected chi connectivity index (χ2v) is 8.39. The van der Waals surface area contributed by atoms with Gasteiger partial charge >= 0.3 is 6.18 Å². The molecule has 1 unspecified atom stereocenters. The summed E-state index contributed by atoms with van der Waals surface area (Å²) < 4.78 is 65.7. The van der Waals surface area contributed by atoms with Crippen LogP contribution in [-0.2, 0) is 6.54 Å². The van der Waals surface area contributed by atoms with Gasteiger partial charge in [-0.05, 0) is 24.5 Å². The molecular formula is C20H17F4N3O2S. The van der Waals surface area contributed by atoms with E-state index in [-0.39, 0.29) is 24.6 Å². The van der Waals surface area contributed by atoms with Gasteiger partial charge in [0.15, 0.2) is 11.5 Å². The molecule has 0 saturated carbocycles. The second-order valence-electron chi connectivity index (χ2n) is 6.75. The zero-order valence-electron chi connectivity index (χ0n) is 15.9. The van der Waals surface area contributed by atoms with Crippen LogP contribution in [0.4, 0.5) is 23.2 Å². The van der Waals surface area contributed by atoms with Crippen molar-refractivity contribution in [3.8, 4) is 11.5 Å². The first-order valence-corrected chi connectivity index (χ1v) is 10.6. The van der Waals surface area contributed by atoms with Crippen LogP contribution in [0.1, 0.15) is 17.5 Å². The number of hydrogen-bond donors (Lipinski definition) is 0. The lowest BCUT2D eigenvalue weighted by Gasteiger charge is -2.26. The van der Waals surface area contributed by atoms with Crippen molar-refractivity contribution in [2.24, 2.45) is 10.2 Å². The van der Waals surface area contributed by atoms with Gasteiger partial charge in [0.2, 0.25) is 6.79 Å². The third kappa shape index (κ3) is 4.04. The maximum Gasteiger partial charge on any atom is 0.431 e. The van der Waals surface area contributed by atoms with E-state index in [0.29, 0.717) is 17.1 Å². The molecule has 2 aliphatic heterocycles. The van der Waals surface area contributed by atoms with Crippen molar-refractivity contribution >= 4 is 33.7 Å². The molecule has 158 valence electrons. The van der Waals surface area contributed by atoms with Crippen LogP contribution >= 0.6 is 10.7 Å². The highest BCUT2D eigenvalue weighted by Crippen LogP contribution is 2.38. The van der Waals surface area contributed by atoms with Gasteiger partial charge in [0.1, 0.15) is 11.5 Å². The Kier molecular flexibility index (Phi) is 5.27. The van der Waals surface area contributed by atoms with Gasteiger partial charge < -0.3 is 13.8 Å². The largest absolute Gasteiger partial charge is 0.454 e. The summed E-state index contributed by atoms with van der Waals surface area (Å²) in [6, 6.07) is 9.74. The lowest BCUT2D eigenvalue weighted by atomic mass is 10.0. The van der Waals surface area contributed by atoms with E-state index in [2.05, 4.69) is 16.1 Å². The van der Waals surface area contributed by atoms with Crippen LogP contribution in [0, 0.1) is 5.82 Å². The lowest BCUT2D eigenvalue weighted by molar-refractivity contribution is -0.0596. The summed E-state index contributed by atoms with van der Waals surface area (Å²) in [5, 5.41) is 6.74. The number of alkyl halides is 3. The van der Waals surface area contributed by atoms with E-state index in [0.717, 1.165) is 5.69 Å². The van der Waals surface area contributed by atoms with E-state index < -0.39 is 34.8 Å². The highest BCUT2D eigenvalue weighted by atomic mass is 32.2. The Hall–Kier alpha value is -2.88. The summed E-state index contributed by atoms with van der Waals surface area (Å²) in [5.41, 5.74) is 0.566. The first-order chi connectivity index (χ1) is 14.2. The highest BCUT2D eigenvalue weighted by Gasteiger charge is 2.38. The Labute approximate surface area is 172 Å². The third-order valence-electron chi connectivity index (χ3n) is 4.67. The average molecular weight is 439 g/mol. The molecule has 0 N–H and O–H groups in total. The van der Waals surface area contributed by atoms with Gasteiger partial charge in [-0.2, -0.15) is 18.3 Å². The summed E-state index contributed by atoms with van der Waals surface area (Å²) in [4.78, 5) is 0. The number of fused-ring (bicyclic) bond motifs is 1. The van der Waals surface area contributed by atoms with Crippen molar-refractivity contribution in [1.29, 1.82) is 0 Å². The normalized spacial score (nSPS) is 16.3. The smallest absolute Gasteiger partial charge is 0.431 e. The predicted molar refractivity (Wildman–Crippen MR) is 110 cm³/mol. The number of anilines is 1. The molecule has 0 amide bonds. The van der Waals surface area contributed by atoms with Crippen LogP contribution in [-0.4, -0.2) is 36.5 Å². The van der Waals surface area contributed by atoms with E-state index in [1.165, 1.54) is 6.07 Å². The van der Waals surface area contributed by atoms with Crippen molar-refractivity contribution in [2.45, 2.75) is 19.1 Å². The molecule has 30 heavy (non-hydrogen) atoms. The second kappa shape index (κ2) is 7.75. The zero-order chi connectivity index (χ0) is 21.5. The topological polar surface area (TPSA) is 46.4 Å². The monoisotopic (exact) mass is 439 g/mol. The van der Waals surface area contributed by atoms with E-state index in [1.807, 2.05) is 22.7 Å². The Bertz CT molecular complexity index is 1080. The van der Waals surface area contributed by atoms with Crippen molar-refractivity contribution in [1.82, 2.24) is 0 Å². The van der Waals surface area contributed by atoms with Crippen molar-refractivity contribution < 1.29 is 27.0 Å². The first kappa shape index (κ1) is 20.4. The van der Waals surface area contributed by atoms with Gasteiger partial charge in [0, 0.05) is 23.6 Å². The minimum atomic E-state index is -4.54. The molecule has 0 fully saturated rings. The van der Waals surface area contributed by atoms with Gasteiger partial charge in [-0.25, -0.2) is 4.39 Å². The minimum absolute atomic E-state index is 0.0906. The van der Waals surface area contributed by atoms with Crippen LogP contribution < -0.4 is 13.8 Å². The maximum atomic E-state index is 14.8. The molecule has 4 rings (SSSR count). The number of nitrogens with zero attached hydrogens (tertiary/aromatic N) is 3. The quantitative estimate of drug-likeness (QED) is 0.491. The molecule has 0 bridgehead atoms. The molecule has 2 aromatic carbocycles. The van der Waals surface area contributed by atoms with E-state index in [1.54, 1.807) is 18.2 Å². The number of ether oxygens (including phenoxy) is 2. The Balaban J connectivity index is 1.54. The van der Waals surface area contributed by atoms with Crippen molar-refractivity contribution in [3.05, 3.63) is 53.3 Å². The summed E-state index contributed by atoms with van der Waals surface area (Å²) in [6.07, 6.45) is -3.11. The average Bonchev–Trinajstić information content (AvgIpc) is 3.35.